The fourth-order valence-corrected chi connectivity index (χ4v) is 16.4. The fourth-order valence-electron chi connectivity index (χ4n) is 15.9. The summed E-state index contributed by atoms with van der Waals surface area (Å²) in [6.45, 7) is 15.5. The maximum Gasteiger partial charge on any atom is 0.397 e. The smallest absolute Gasteiger partial charge is 0.397 e. The van der Waals surface area contributed by atoms with Crippen molar-refractivity contribution >= 4 is 22.3 Å². The zero-order valence-electron chi connectivity index (χ0n) is 47.4. The third-order valence-corrected chi connectivity index (χ3v) is 20.3. The van der Waals surface area contributed by atoms with E-state index >= 15 is 0 Å². The third kappa shape index (κ3) is 11.1. The fraction of sp³-hybridized carbons (Fsp3) is 0.855. The van der Waals surface area contributed by atoms with E-state index in [0.29, 0.717) is 38.5 Å². The SMILES string of the molecule is COC1C(O)COC(OC2C(O)C(CO)OC(OC3C(C)OC(OC4C(OC5CCC6(C)C7CCC89C(=O)OC(C)(C=CC=C(C)C)C8C(OC(C)=O)CC9(C)C7=CCC6C5(C)C)OCC(OS(=O)(=O)O)C4O)C(O)C3O)C2O)C1O. The van der Waals surface area contributed by atoms with Crippen LogP contribution in [0.4, 0.5) is 0 Å². The number of allylic oxidation sites excluding steroid dienone is 5. The van der Waals surface area contributed by atoms with Crippen LogP contribution in [0.5, 0.6) is 0 Å². The summed E-state index contributed by atoms with van der Waals surface area (Å²) in [5.74, 6) is -1.17. The molecule has 25 nitrogen and oxygen atoms in total. The zero-order chi connectivity index (χ0) is 59.3. The Labute approximate surface area is 471 Å². The molecule has 0 aromatic carbocycles. The summed E-state index contributed by atoms with van der Waals surface area (Å²) < 4.78 is 104. The summed E-state index contributed by atoms with van der Waals surface area (Å²) in [4.78, 5) is 27.4. The van der Waals surface area contributed by atoms with Gasteiger partial charge in [-0.05, 0) is 95.0 Å². The summed E-state index contributed by atoms with van der Waals surface area (Å²) in [6.07, 6.45) is -19.3. The molecule has 4 aliphatic carbocycles. The van der Waals surface area contributed by atoms with Crippen LogP contribution in [0.25, 0.3) is 0 Å². The molecule has 0 bridgehead atoms. The van der Waals surface area contributed by atoms with Crippen LogP contribution in [0, 0.1) is 39.4 Å². The van der Waals surface area contributed by atoms with Crippen LogP contribution in [0.1, 0.15) is 101 Å². The Morgan fingerprint density at radius 3 is 2.07 bits per heavy atom. The molecule has 5 saturated heterocycles. The Hall–Kier alpha value is -2.65. The second-order valence-corrected chi connectivity index (χ2v) is 26.3. The normalized spacial score (nSPS) is 49.6. The standard InChI is InChI=1S/C55H84O25S/c1-24(2)12-11-17-54(9)45-30(73-26(4)57)20-53(8)28-13-14-33-51(5,6)34(16-18-52(33,7)27(28)15-19-55(45,53)50(65)79-54)75-49-44(36(60)32(23-71-49)80-81(66,67)68)78-47-38(62)37(61)41(25(3)72-47)76-48-40(64)43(35(59)31(21-56)74-48)77-46-39(63)42(69-10)29(58)22-70-46/h11-13,17,25,27,29-49,56,58-64H,14-16,18-23H2,1-10H3,(H,66,67,68). The number of aliphatic hydroxyl groups is 8. The van der Waals surface area contributed by atoms with Crippen LogP contribution >= 0.6 is 0 Å². The highest BCUT2D eigenvalue weighted by atomic mass is 32.3. The average molecular weight is 1180 g/mol. The Morgan fingerprint density at radius 1 is 0.765 bits per heavy atom. The van der Waals surface area contributed by atoms with Gasteiger partial charge in [-0.2, -0.15) is 8.42 Å². The first-order chi connectivity index (χ1) is 37.9. The van der Waals surface area contributed by atoms with Crippen LogP contribution in [0.3, 0.4) is 0 Å². The van der Waals surface area contributed by atoms with E-state index in [1.807, 2.05) is 39.0 Å². The maximum absolute atomic E-state index is 14.6. The summed E-state index contributed by atoms with van der Waals surface area (Å²) in [6, 6.07) is 0. The van der Waals surface area contributed by atoms with Crippen molar-refractivity contribution in [2.45, 2.75) is 229 Å². The van der Waals surface area contributed by atoms with Crippen LogP contribution in [-0.4, -0.2) is 221 Å². The minimum atomic E-state index is -5.17. The topological polar surface area (TPSA) is 361 Å². The minimum absolute atomic E-state index is 0.0219. The molecule has 0 radical (unpaired) electrons. The molecule has 5 heterocycles. The molecule has 27 atom stereocenters. The molecule has 9 aliphatic rings. The number of ether oxygens (including phenoxy) is 11. The number of esters is 2. The molecule has 27 unspecified atom stereocenters. The van der Waals surface area contributed by atoms with Crippen LogP contribution < -0.4 is 0 Å². The second-order valence-electron chi connectivity index (χ2n) is 25.3. The lowest BCUT2D eigenvalue weighted by Gasteiger charge is -2.63. The molecule has 8 fully saturated rings. The van der Waals surface area contributed by atoms with Crippen LogP contribution in [0.2, 0.25) is 0 Å². The lowest BCUT2D eigenvalue weighted by molar-refractivity contribution is -0.386. The molecule has 5 aliphatic heterocycles. The Morgan fingerprint density at radius 2 is 1.42 bits per heavy atom. The number of carbonyl (C=O) groups excluding carboxylic acids is 2. The first-order valence-electron chi connectivity index (χ1n) is 28.0. The number of fused-ring (bicyclic) bond motifs is 4. The summed E-state index contributed by atoms with van der Waals surface area (Å²) in [7, 11) is -3.93. The Bertz CT molecular complexity index is 2510. The Balaban J connectivity index is 0.922. The number of methoxy groups -OCH3 is 1. The molecule has 9 rings (SSSR count). The highest BCUT2D eigenvalue weighted by molar-refractivity contribution is 7.80. The lowest BCUT2D eigenvalue weighted by atomic mass is 9.41. The van der Waals surface area contributed by atoms with Gasteiger partial charge in [-0.25, -0.2) is 4.18 Å². The highest BCUT2D eigenvalue weighted by Crippen LogP contribution is 2.76. The summed E-state index contributed by atoms with van der Waals surface area (Å²) in [5.41, 5.74) is -1.45. The van der Waals surface area contributed by atoms with Crippen molar-refractivity contribution in [2.24, 2.45) is 39.4 Å². The van der Waals surface area contributed by atoms with E-state index in [1.165, 1.54) is 21.0 Å². The van der Waals surface area contributed by atoms with Gasteiger partial charge in [0.25, 0.3) is 0 Å². The maximum atomic E-state index is 14.6. The number of carbonyl (C=O) groups is 2. The van der Waals surface area contributed by atoms with Crippen molar-refractivity contribution in [3.8, 4) is 0 Å². The van der Waals surface area contributed by atoms with E-state index < -0.39 is 180 Å². The summed E-state index contributed by atoms with van der Waals surface area (Å²) in [5, 5.41) is 88.8. The molecule has 3 saturated carbocycles. The predicted octanol–water partition coefficient (Wildman–Crippen LogP) is 0.396. The van der Waals surface area contributed by atoms with E-state index in [1.54, 1.807) is 0 Å². The molecule has 9 N–H and O–H groups in total. The van der Waals surface area contributed by atoms with Gasteiger partial charge >= 0.3 is 22.3 Å². The van der Waals surface area contributed by atoms with Gasteiger partial charge in [-0.1, -0.05) is 57.1 Å². The van der Waals surface area contributed by atoms with Crippen LogP contribution in [0.15, 0.2) is 35.5 Å². The molecular formula is C55H84O25S. The van der Waals surface area contributed by atoms with E-state index in [4.69, 9.17) is 56.3 Å². The molecule has 0 amide bonds. The van der Waals surface area contributed by atoms with Crippen LogP contribution in [-0.2, 0) is 76.3 Å². The monoisotopic (exact) mass is 1180 g/mol. The zero-order valence-corrected chi connectivity index (χ0v) is 48.2. The van der Waals surface area contributed by atoms with Gasteiger partial charge in [0.15, 0.2) is 25.2 Å². The summed E-state index contributed by atoms with van der Waals surface area (Å²) >= 11 is 0. The molecule has 81 heavy (non-hydrogen) atoms. The third-order valence-electron chi connectivity index (χ3n) is 19.8. The van der Waals surface area contributed by atoms with Gasteiger partial charge in [-0.3, -0.25) is 14.1 Å². The van der Waals surface area contributed by atoms with Gasteiger partial charge in [0.05, 0.1) is 43.4 Å². The number of cyclic esters (lactones) is 1. The van der Waals surface area contributed by atoms with E-state index in [2.05, 4.69) is 33.8 Å². The van der Waals surface area contributed by atoms with Crippen molar-refractivity contribution in [1.29, 1.82) is 0 Å². The molecule has 26 heteroatoms. The lowest BCUT2D eigenvalue weighted by Crippen LogP contribution is -2.66. The van der Waals surface area contributed by atoms with E-state index in [9.17, 15) is 63.4 Å². The van der Waals surface area contributed by atoms with Crippen molar-refractivity contribution < 1.29 is 120 Å². The van der Waals surface area contributed by atoms with E-state index in [0.717, 1.165) is 11.1 Å². The second kappa shape index (κ2) is 23.2. The van der Waals surface area contributed by atoms with Gasteiger partial charge in [0.1, 0.15) is 91.1 Å². The first kappa shape index (κ1) is 62.9. The number of rotatable bonds is 15. The van der Waals surface area contributed by atoms with Gasteiger partial charge in [-0.15, -0.1) is 0 Å². The average Bonchev–Trinajstić information content (AvgIpc) is 3.87. The van der Waals surface area contributed by atoms with Crippen molar-refractivity contribution in [1.82, 2.24) is 0 Å². The largest absolute Gasteiger partial charge is 0.462 e. The molecule has 0 aromatic rings. The quantitative estimate of drug-likeness (QED) is 0.0464. The molecule has 460 valence electrons. The molecule has 0 aromatic heterocycles. The minimum Gasteiger partial charge on any atom is -0.462 e. The first-order valence-corrected chi connectivity index (χ1v) is 29.4. The van der Waals surface area contributed by atoms with Crippen molar-refractivity contribution in [3.63, 3.8) is 0 Å². The number of hydrogen-bond acceptors (Lipinski definition) is 24. The van der Waals surface area contributed by atoms with Gasteiger partial charge in [0.2, 0.25) is 0 Å². The van der Waals surface area contributed by atoms with Crippen molar-refractivity contribution in [2.75, 3.05) is 26.9 Å². The molecular weight excluding hydrogens is 1090 g/mol. The van der Waals surface area contributed by atoms with Gasteiger partial charge < -0.3 is 93.0 Å². The van der Waals surface area contributed by atoms with Gasteiger partial charge in [0, 0.05) is 19.4 Å². The van der Waals surface area contributed by atoms with E-state index in [-0.39, 0.29) is 29.8 Å². The Kier molecular flexibility index (Phi) is 18.0. The molecule has 1 spiro atoms. The number of hydrogen-bond donors (Lipinski definition) is 9. The predicted molar refractivity (Wildman–Crippen MR) is 276 cm³/mol. The van der Waals surface area contributed by atoms with Crippen molar-refractivity contribution in [3.05, 3.63) is 35.5 Å². The number of aliphatic hydroxyl groups excluding tert-OH is 8. The highest BCUT2D eigenvalue weighted by Gasteiger charge is 2.79.